The van der Waals surface area contributed by atoms with Gasteiger partial charge in [0.25, 0.3) is 5.91 Å². The summed E-state index contributed by atoms with van der Waals surface area (Å²) >= 11 is 0. The van der Waals surface area contributed by atoms with Gasteiger partial charge in [0.2, 0.25) is 0 Å². The molecule has 2 rings (SSSR count). The topological polar surface area (TPSA) is 87.0 Å². The highest BCUT2D eigenvalue weighted by Crippen LogP contribution is 2.28. The highest BCUT2D eigenvalue weighted by atomic mass is 16.5. The zero-order valence-corrected chi connectivity index (χ0v) is 14.7. The van der Waals surface area contributed by atoms with E-state index in [0.717, 1.165) is 5.56 Å². The number of hydrogen-bond acceptors (Lipinski definition) is 6. The molecule has 2 aromatic rings. The fourth-order valence-electron chi connectivity index (χ4n) is 2.06. The molecule has 0 aliphatic heterocycles. The van der Waals surface area contributed by atoms with E-state index >= 15 is 0 Å². The van der Waals surface area contributed by atoms with Crippen LogP contribution in [0.25, 0.3) is 6.08 Å². The van der Waals surface area contributed by atoms with Crippen molar-refractivity contribution < 1.29 is 28.2 Å². The summed E-state index contributed by atoms with van der Waals surface area (Å²) in [7, 11) is 1.54. The van der Waals surface area contributed by atoms with Crippen molar-refractivity contribution in [2.24, 2.45) is 0 Å². The second kappa shape index (κ2) is 9.93. The van der Waals surface area contributed by atoms with E-state index in [1.807, 2.05) is 6.92 Å². The molecule has 1 aromatic carbocycles. The Labute approximate surface area is 151 Å². The van der Waals surface area contributed by atoms with E-state index in [0.29, 0.717) is 23.9 Å². The standard InChI is InChI=1S/C19H21NO6/c1-3-24-16-8-6-14(11-17(16)23-2)7-9-19(22)26-13-18(21)20-12-15-5-4-10-25-15/h4-11H,3,12-13H2,1-2H3,(H,20,21)/b9-7-. The quantitative estimate of drug-likeness (QED) is 0.547. The summed E-state index contributed by atoms with van der Waals surface area (Å²) in [6.07, 6.45) is 4.33. The van der Waals surface area contributed by atoms with Crippen LogP contribution in [0.4, 0.5) is 0 Å². The Balaban J connectivity index is 1.80. The molecule has 26 heavy (non-hydrogen) atoms. The second-order valence-corrected chi connectivity index (χ2v) is 5.14. The predicted molar refractivity (Wildman–Crippen MR) is 94.7 cm³/mol. The van der Waals surface area contributed by atoms with Crippen molar-refractivity contribution in [1.82, 2.24) is 5.32 Å². The number of amides is 1. The summed E-state index contributed by atoms with van der Waals surface area (Å²) in [4.78, 5) is 23.3. The minimum atomic E-state index is -0.619. The molecule has 7 heteroatoms. The third-order valence-electron chi connectivity index (χ3n) is 3.28. The summed E-state index contributed by atoms with van der Waals surface area (Å²) in [6, 6.07) is 8.75. The van der Waals surface area contributed by atoms with E-state index in [4.69, 9.17) is 18.6 Å². The fraction of sp³-hybridized carbons (Fsp3) is 0.263. The molecule has 0 spiro atoms. The van der Waals surface area contributed by atoms with Crippen LogP contribution in [-0.2, 0) is 20.9 Å². The van der Waals surface area contributed by atoms with Gasteiger partial charge in [-0.2, -0.15) is 0 Å². The SMILES string of the molecule is CCOc1ccc(/C=C\C(=O)OCC(=O)NCc2ccco2)cc1OC. The maximum Gasteiger partial charge on any atom is 0.331 e. The number of benzene rings is 1. The van der Waals surface area contributed by atoms with Crippen LogP contribution in [0, 0.1) is 0 Å². The van der Waals surface area contributed by atoms with E-state index < -0.39 is 11.9 Å². The minimum Gasteiger partial charge on any atom is -0.493 e. The Morgan fingerprint density at radius 2 is 2.08 bits per heavy atom. The number of hydrogen-bond donors (Lipinski definition) is 1. The lowest BCUT2D eigenvalue weighted by molar-refractivity contribution is -0.143. The molecule has 1 aromatic heterocycles. The third-order valence-corrected chi connectivity index (χ3v) is 3.28. The molecule has 0 atom stereocenters. The van der Waals surface area contributed by atoms with E-state index in [-0.39, 0.29) is 13.2 Å². The van der Waals surface area contributed by atoms with Crippen LogP contribution < -0.4 is 14.8 Å². The number of carbonyl (C=O) groups is 2. The molecule has 138 valence electrons. The van der Waals surface area contributed by atoms with Crippen LogP contribution in [0.15, 0.2) is 47.1 Å². The average Bonchev–Trinajstić information content (AvgIpc) is 3.17. The summed E-state index contributed by atoms with van der Waals surface area (Å²) in [6.45, 7) is 2.29. The highest BCUT2D eigenvalue weighted by Gasteiger charge is 2.07. The van der Waals surface area contributed by atoms with Gasteiger partial charge in [0, 0.05) is 6.08 Å². The normalized spacial score (nSPS) is 10.5. The molecule has 0 saturated carbocycles. The van der Waals surface area contributed by atoms with Gasteiger partial charge in [-0.15, -0.1) is 0 Å². The molecule has 0 aliphatic rings. The third kappa shape index (κ3) is 6.01. The summed E-state index contributed by atoms with van der Waals surface area (Å²) in [5.74, 6) is 0.786. The van der Waals surface area contributed by atoms with Gasteiger partial charge in [-0.25, -0.2) is 4.79 Å². The summed E-state index contributed by atoms with van der Waals surface area (Å²) in [5.41, 5.74) is 0.740. The van der Waals surface area contributed by atoms with Gasteiger partial charge in [0.15, 0.2) is 18.1 Å². The Morgan fingerprint density at radius 1 is 1.23 bits per heavy atom. The lowest BCUT2D eigenvalue weighted by atomic mass is 10.2. The maximum atomic E-state index is 11.7. The first-order valence-electron chi connectivity index (χ1n) is 8.07. The zero-order valence-electron chi connectivity index (χ0n) is 14.7. The highest BCUT2D eigenvalue weighted by molar-refractivity contribution is 5.89. The van der Waals surface area contributed by atoms with Gasteiger partial charge in [-0.05, 0) is 42.8 Å². The Morgan fingerprint density at radius 3 is 2.77 bits per heavy atom. The molecule has 1 N–H and O–H groups in total. The van der Waals surface area contributed by atoms with Gasteiger partial charge in [0.1, 0.15) is 5.76 Å². The number of esters is 1. The molecule has 0 unspecified atom stereocenters. The first kappa shape index (κ1) is 19.1. The van der Waals surface area contributed by atoms with Crippen molar-refractivity contribution in [3.05, 3.63) is 54.0 Å². The molecule has 0 aliphatic carbocycles. The number of ether oxygens (including phenoxy) is 3. The fourth-order valence-corrected chi connectivity index (χ4v) is 2.06. The van der Waals surface area contributed by atoms with E-state index in [1.165, 1.54) is 12.3 Å². The lowest BCUT2D eigenvalue weighted by Gasteiger charge is -2.09. The largest absolute Gasteiger partial charge is 0.493 e. The van der Waals surface area contributed by atoms with Gasteiger partial charge in [-0.3, -0.25) is 4.79 Å². The van der Waals surface area contributed by atoms with Crippen molar-refractivity contribution in [1.29, 1.82) is 0 Å². The Kier molecular flexibility index (Phi) is 7.30. The van der Waals surface area contributed by atoms with Crippen LogP contribution in [-0.4, -0.2) is 32.2 Å². The van der Waals surface area contributed by atoms with Crippen LogP contribution >= 0.6 is 0 Å². The summed E-state index contributed by atoms with van der Waals surface area (Å²) in [5, 5.41) is 2.58. The molecule has 0 fully saturated rings. The maximum absolute atomic E-state index is 11.7. The predicted octanol–water partition coefficient (Wildman–Crippen LogP) is 2.56. The van der Waals surface area contributed by atoms with Gasteiger partial charge in [0.05, 0.1) is 26.5 Å². The first-order valence-corrected chi connectivity index (χ1v) is 8.07. The molecule has 7 nitrogen and oxygen atoms in total. The lowest BCUT2D eigenvalue weighted by Crippen LogP contribution is -2.27. The number of carbonyl (C=O) groups excluding carboxylic acids is 2. The molecular formula is C19H21NO6. The Hall–Kier alpha value is -3.22. The first-order chi connectivity index (χ1) is 12.6. The number of rotatable bonds is 9. The van der Waals surface area contributed by atoms with Crippen LogP contribution in [0.2, 0.25) is 0 Å². The van der Waals surface area contributed by atoms with Crippen molar-refractivity contribution >= 4 is 18.0 Å². The average molecular weight is 359 g/mol. The van der Waals surface area contributed by atoms with E-state index in [9.17, 15) is 9.59 Å². The Bertz CT molecular complexity index is 751. The number of nitrogens with one attached hydrogen (secondary N) is 1. The smallest absolute Gasteiger partial charge is 0.331 e. The molecule has 0 bridgehead atoms. The van der Waals surface area contributed by atoms with Crippen LogP contribution in [0.5, 0.6) is 11.5 Å². The van der Waals surface area contributed by atoms with E-state index in [1.54, 1.807) is 43.5 Å². The zero-order chi connectivity index (χ0) is 18.8. The molecule has 0 saturated heterocycles. The van der Waals surface area contributed by atoms with Crippen molar-refractivity contribution in [3.63, 3.8) is 0 Å². The molecule has 1 heterocycles. The second-order valence-electron chi connectivity index (χ2n) is 5.14. The number of methoxy groups -OCH3 is 1. The van der Waals surface area contributed by atoms with Gasteiger partial charge >= 0.3 is 5.97 Å². The van der Waals surface area contributed by atoms with Gasteiger partial charge < -0.3 is 23.9 Å². The van der Waals surface area contributed by atoms with Gasteiger partial charge in [-0.1, -0.05) is 6.07 Å². The molecule has 0 radical (unpaired) electrons. The monoisotopic (exact) mass is 359 g/mol. The molecule has 1 amide bonds. The molecular weight excluding hydrogens is 338 g/mol. The van der Waals surface area contributed by atoms with Crippen LogP contribution in [0.3, 0.4) is 0 Å². The van der Waals surface area contributed by atoms with Crippen molar-refractivity contribution in [2.45, 2.75) is 13.5 Å². The van der Waals surface area contributed by atoms with Crippen molar-refractivity contribution in [3.8, 4) is 11.5 Å². The number of furan rings is 1. The summed E-state index contributed by atoms with van der Waals surface area (Å²) < 4.78 is 20.7. The van der Waals surface area contributed by atoms with Crippen LogP contribution in [0.1, 0.15) is 18.2 Å². The van der Waals surface area contributed by atoms with Crippen molar-refractivity contribution in [2.75, 3.05) is 20.3 Å². The minimum absolute atomic E-state index is 0.241. The van der Waals surface area contributed by atoms with E-state index in [2.05, 4.69) is 5.32 Å².